The van der Waals surface area contributed by atoms with Gasteiger partial charge in [0.1, 0.15) is 0 Å². The normalized spacial score (nSPS) is 33.5. The lowest BCUT2D eigenvalue weighted by atomic mass is 10.0. The number of hydrogen-bond donors (Lipinski definition) is 0. The molecule has 0 aromatic carbocycles. The highest BCUT2D eigenvalue weighted by Gasteiger charge is 2.54. The van der Waals surface area contributed by atoms with E-state index in [1.165, 1.54) is 24.8 Å². The van der Waals surface area contributed by atoms with E-state index in [0.29, 0.717) is 4.83 Å². The van der Waals surface area contributed by atoms with Gasteiger partial charge in [0.25, 0.3) is 0 Å². The van der Waals surface area contributed by atoms with Crippen molar-refractivity contribution < 1.29 is 0 Å². The van der Waals surface area contributed by atoms with Crippen molar-refractivity contribution in [3.05, 3.63) is 29.0 Å². The molecule has 2 aliphatic rings. The number of fused-ring (bicyclic) bond motifs is 1. The second-order valence-electron chi connectivity index (χ2n) is 5.02. The molecule has 16 heavy (non-hydrogen) atoms. The van der Waals surface area contributed by atoms with Crippen molar-refractivity contribution in [3.63, 3.8) is 0 Å². The SMILES string of the molecule is Clc1cnccc1CC(Br)C1C2CCCC21. The summed E-state index contributed by atoms with van der Waals surface area (Å²) in [6.07, 6.45) is 8.95. The first-order chi connectivity index (χ1) is 7.77. The average Bonchev–Trinajstić information content (AvgIpc) is 2.76. The molecule has 0 saturated heterocycles. The highest BCUT2D eigenvalue weighted by Crippen LogP contribution is 2.60. The minimum Gasteiger partial charge on any atom is -0.263 e. The molecule has 0 spiro atoms. The van der Waals surface area contributed by atoms with Gasteiger partial charge in [-0.15, -0.1) is 0 Å². The Labute approximate surface area is 110 Å². The largest absolute Gasteiger partial charge is 0.263 e. The Kier molecular flexibility index (Phi) is 2.97. The zero-order valence-corrected chi connectivity index (χ0v) is 11.4. The van der Waals surface area contributed by atoms with E-state index in [0.717, 1.165) is 29.2 Å². The summed E-state index contributed by atoms with van der Waals surface area (Å²) in [5.74, 6) is 2.91. The summed E-state index contributed by atoms with van der Waals surface area (Å²) in [6.45, 7) is 0. The maximum Gasteiger partial charge on any atom is 0.0621 e. The summed E-state index contributed by atoms with van der Waals surface area (Å²) in [5, 5.41) is 0.803. The Morgan fingerprint density at radius 2 is 2.19 bits per heavy atom. The van der Waals surface area contributed by atoms with E-state index in [1.807, 2.05) is 12.3 Å². The molecule has 0 amide bonds. The molecule has 1 heterocycles. The van der Waals surface area contributed by atoms with Crippen molar-refractivity contribution in [1.82, 2.24) is 4.98 Å². The van der Waals surface area contributed by atoms with Gasteiger partial charge in [0, 0.05) is 17.2 Å². The molecule has 1 nitrogen and oxygen atoms in total. The number of hydrogen-bond acceptors (Lipinski definition) is 1. The van der Waals surface area contributed by atoms with Crippen molar-refractivity contribution in [2.24, 2.45) is 17.8 Å². The zero-order chi connectivity index (χ0) is 11.1. The summed E-state index contributed by atoms with van der Waals surface area (Å²) in [6, 6.07) is 2.04. The minimum atomic E-state index is 0.600. The van der Waals surface area contributed by atoms with E-state index in [2.05, 4.69) is 20.9 Å². The zero-order valence-electron chi connectivity index (χ0n) is 9.07. The first-order valence-corrected chi connectivity index (χ1v) is 7.29. The van der Waals surface area contributed by atoms with Gasteiger partial charge >= 0.3 is 0 Å². The van der Waals surface area contributed by atoms with Gasteiger partial charge < -0.3 is 0 Å². The van der Waals surface area contributed by atoms with Crippen LogP contribution in [-0.2, 0) is 6.42 Å². The second-order valence-corrected chi connectivity index (χ2v) is 6.61. The first kappa shape index (κ1) is 11.0. The van der Waals surface area contributed by atoms with Crippen LogP contribution in [0.4, 0.5) is 0 Å². The van der Waals surface area contributed by atoms with E-state index in [4.69, 9.17) is 11.6 Å². The number of pyridine rings is 1. The Balaban J connectivity index is 1.65. The van der Waals surface area contributed by atoms with Crippen LogP contribution in [0.2, 0.25) is 5.02 Å². The van der Waals surface area contributed by atoms with Gasteiger partial charge in [0.05, 0.1) is 5.02 Å². The second kappa shape index (κ2) is 4.30. The summed E-state index contributed by atoms with van der Waals surface area (Å²) in [4.78, 5) is 4.62. The molecule has 1 aromatic rings. The molecule has 1 aromatic heterocycles. The smallest absolute Gasteiger partial charge is 0.0621 e. The lowest BCUT2D eigenvalue weighted by Gasteiger charge is -2.12. The molecule has 3 unspecified atom stereocenters. The Morgan fingerprint density at radius 3 is 2.88 bits per heavy atom. The molecular formula is C13H15BrClN. The van der Waals surface area contributed by atoms with Crippen LogP contribution in [-0.4, -0.2) is 9.81 Å². The van der Waals surface area contributed by atoms with Gasteiger partial charge in [-0.1, -0.05) is 34.0 Å². The predicted molar refractivity (Wildman–Crippen MR) is 70.0 cm³/mol. The van der Waals surface area contributed by atoms with Crippen molar-refractivity contribution >= 4 is 27.5 Å². The third-order valence-corrected chi connectivity index (χ3v) is 5.44. The molecule has 3 rings (SSSR count). The van der Waals surface area contributed by atoms with Crippen molar-refractivity contribution in [2.45, 2.75) is 30.5 Å². The average molecular weight is 301 g/mol. The van der Waals surface area contributed by atoms with Crippen LogP contribution in [0.1, 0.15) is 24.8 Å². The van der Waals surface area contributed by atoms with Gasteiger partial charge in [-0.05, 0) is 48.6 Å². The maximum absolute atomic E-state index is 6.13. The fraction of sp³-hybridized carbons (Fsp3) is 0.615. The fourth-order valence-corrected chi connectivity index (χ4v) is 4.66. The molecule has 86 valence electrons. The molecule has 2 aliphatic carbocycles. The monoisotopic (exact) mass is 299 g/mol. The van der Waals surface area contributed by atoms with Crippen molar-refractivity contribution in [1.29, 1.82) is 0 Å². The Hall–Kier alpha value is -0.0800. The minimum absolute atomic E-state index is 0.600. The number of rotatable bonds is 3. The molecule has 2 fully saturated rings. The summed E-state index contributed by atoms with van der Waals surface area (Å²) < 4.78 is 0. The standard InChI is InChI=1S/C13H15BrClN/c14-11(13-9-2-1-3-10(9)13)6-8-4-5-16-7-12(8)15/h4-5,7,9-11,13H,1-3,6H2. The molecular weight excluding hydrogens is 286 g/mol. The number of alkyl halides is 1. The highest BCUT2D eigenvalue weighted by atomic mass is 79.9. The van der Waals surface area contributed by atoms with E-state index in [9.17, 15) is 0 Å². The lowest BCUT2D eigenvalue weighted by Crippen LogP contribution is -2.09. The summed E-state index contributed by atoms with van der Waals surface area (Å²) >= 11 is 9.98. The number of aromatic nitrogens is 1. The highest BCUT2D eigenvalue weighted by molar-refractivity contribution is 9.09. The van der Waals surface area contributed by atoms with Crippen LogP contribution >= 0.6 is 27.5 Å². The van der Waals surface area contributed by atoms with Gasteiger partial charge in [-0.25, -0.2) is 0 Å². The lowest BCUT2D eigenvalue weighted by molar-refractivity contribution is 0.569. The predicted octanol–water partition coefficient (Wildman–Crippen LogP) is 4.09. The number of nitrogens with zero attached hydrogens (tertiary/aromatic N) is 1. The van der Waals surface area contributed by atoms with Gasteiger partial charge in [0.2, 0.25) is 0 Å². The fourth-order valence-electron chi connectivity index (χ4n) is 3.33. The van der Waals surface area contributed by atoms with Crippen LogP contribution in [0.15, 0.2) is 18.5 Å². The van der Waals surface area contributed by atoms with Crippen LogP contribution in [0, 0.1) is 17.8 Å². The molecule has 0 bridgehead atoms. The molecule has 0 radical (unpaired) electrons. The van der Waals surface area contributed by atoms with E-state index in [1.54, 1.807) is 6.20 Å². The van der Waals surface area contributed by atoms with E-state index >= 15 is 0 Å². The van der Waals surface area contributed by atoms with Crippen LogP contribution < -0.4 is 0 Å². The van der Waals surface area contributed by atoms with Gasteiger partial charge in [0.15, 0.2) is 0 Å². The van der Waals surface area contributed by atoms with Crippen LogP contribution in [0.3, 0.4) is 0 Å². The molecule has 0 aliphatic heterocycles. The van der Waals surface area contributed by atoms with Crippen LogP contribution in [0.5, 0.6) is 0 Å². The van der Waals surface area contributed by atoms with E-state index < -0.39 is 0 Å². The van der Waals surface area contributed by atoms with E-state index in [-0.39, 0.29) is 0 Å². The van der Waals surface area contributed by atoms with Crippen molar-refractivity contribution in [3.8, 4) is 0 Å². The quantitative estimate of drug-likeness (QED) is 0.766. The van der Waals surface area contributed by atoms with Gasteiger partial charge in [-0.3, -0.25) is 4.98 Å². The first-order valence-electron chi connectivity index (χ1n) is 6.00. The molecule has 0 N–H and O–H groups in total. The maximum atomic E-state index is 6.13. The Bertz CT molecular complexity index is 385. The third kappa shape index (κ3) is 1.91. The summed E-state index contributed by atoms with van der Waals surface area (Å²) in [5.41, 5.74) is 1.23. The number of halogens is 2. The topological polar surface area (TPSA) is 12.9 Å². The van der Waals surface area contributed by atoms with Gasteiger partial charge in [-0.2, -0.15) is 0 Å². The summed E-state index contributed by atoms with van der Waals surface area (Å²) in [7, 11) is 0. The Morgan fingerprint density at radius 1 is 1.44 bits per heavy atom. The molecule has 2 saturated carbocycles. The van der Waals surface area contributed by atoms with Crippen molar-refractivity contribution in [2.75, 3.05) is 0 Å². The molecule has 3 heteroatoms. The third-order valence-electron chi connectivity index (χ3n) is 4.16. The van der Waals surface area contributed by atoms with Crippen LogP contribution in [0.25, 0.3) is 0 Å². The molecule has 3 atom stereocenters.